The maximum absolute atomic E-state index is 8.99. The Labute approximate surface area is 96.3 Å². The van der Waals surface area contributed by atoms with Crippen molar-refractivity contribution in [2.75, 3.05) is 0 Å². The van der Waals surface area contributed by atoms with E-state index in [9.17, 15) is 0 Å². The first-order chi connectivity index (χ1) is 7.80. The molecule has 3 unspecified atom stereocenters. The molecular weight excluding hydrogens is 196 g/mol. The summed E-state index contributed by atoms with van der Waals surface area (Å²) in [5.74, 6) is 2.91. The number of terminal acetylenes is 1. The fraction of sp³-hybridized carbons (Fsp3) is 0.357. The molecule has 0 amide bonds. The number of benzene rings is 1. The minimum atomic E-state index is -0.0540. The molecule has 0 spiro atoms. The summed E-state index contributed by atoms with van der Waals surface area (Å²) in [7, 11) is 0. The molecule has 1 heterocycles. The minimum Gasteiger partial charge on any atom is -0.298 e. The largest absolute Gasteiger partial charge is 0.298 e. The molecule has 1 saturated heterocycles. The molecule has 2 nitrogen and oxygen atoms in total. The van der Waals surface area contributed by atoms with Crippen LogP contribution in [0, 0.1) is 23.7 Å². The summed E-state index contributed by atoms with van der Waals surface area (Å²) in [5.41, 5.74) is 2.09. The van der Waals surface area contributed by atoms with Crippen LogP contribution in [0.1, 0.15) is 30.4 Å². The van der Waals surface area contributed by atoms with Crippen LogP contribution >= 0.6 is 0 Å². The van der Waals surface area contributed by atoms with Crippen LogP contribution in [0.5, 0.6) is 0 Å². The highest BCUT2D eigenvalue weighted by atomic mass is 15.1. The van der Waals surface area contributed by atoms with Gasteiger partial charge in [0.2, 0.25) is 0 Å². The lowest BCUT2D eigenvalue weighted by atomic mass is 9.77. The van der Waals surface area contributed by atoms with Crippen molar-refractivity contribution in [3.05, 3.63) is 35.4 Å². The van der Waals surface area contributed by atoms with Crippen LogP contribution in [0.25, 0.3) is 0 Å². The normalized spacial score (nSPS) is 27.6. The van der Waals surface area contributed by atoms with E-state index >= 15 is 0 Å². The molecule has 1 N–H and O–H groups in total. The maximum atomic E-state index is 8.99. The zero-order valence-electron chi connectivity index (χ0n) is 9.27. The van der Waals surface area contributed by atoms with Gasteiger partial charge in [-0.05, 0) is 24.1 Å². The number of hydrogen-bond acceptors (Lipinski definition) is 2. The molecule has 0 aromatic heterocycles. The summed E-state index contributed by atoms with van der Waals surface area (Å²) in [6, 6.07) is 10.6. The Balaban J connectivity index is 2.22. The van der Waals surface area contributed by atoms with Crippen molar-refractivity contribution < 1.29 is 0 Å². The molecule has 1 aromatic rings. The lowest BCUT2D eigenvalue weighted by Crippen LogP contribution is -2.58. The van der Waals surface area contributed by atoms with Crippen LogP contribution < -0.4 is 5.32 Å². The van der Waals surface area contributed by atoms with E-state index < -0.39 is 0 Å². The molecule has 1 fully saturated rings. The van der Waals surface area contributed by atoms with Crippen molar-refractivity contribution >= 4 is 0 Å². The van der Waals surface area contributed by atoms with Gasteiger partial charge >= 0.3 is 0 Å². The molecule has 1 aromatic carbocycles. The molecule has 16 heavy (non-hydrogen) atoms. The molecule has 1 aliphatic heterocycles. The molecule has 80 valence electrons. The summed E-state index contributed by atoms with van der Waals surface area (Å²) in [5, 5.41) is 12.2. The van der Waals surface area contributed by atoms with E-state index in [4.69, 9.17) is 11.7 Å². The Hall–Kier alpha value is -1.77. The van der Waals surface area contributed by atoms with E-state index in [-0.39, 0.29) is 6.04 Å². The van der Waals surface area contributed by atoms with Crippen LogP contribution in [0.2, 0.25) is 0 Å². The van der Waals surface area contributed by atoms with Crippen LogP contribution in [-0.4, -0.2) is 12.1 Å². The fourth-order valence-electron chi connectivity index (χ4n) is 2.27. The highest BCUT2D eigenvalue weighted by Crippen LogP contribution is 2.33. The van der Waals surface area contributed by atoms with E-state index in [0.29, 0.717) is 12.0 Å². The molecule has 0 bridgehead atoms. The van der Waals surface area contributed by atoms with E-state index in [2.05, 4.69) is 24.2 Å². The van der Waals surface area contributed by atoms with Crippen molar-refractivity contribution in [1.82, 2.24) is 5.32 Å². The second kappa shape index (κ2) is 4.39. The molecular formula is C14H14N2. The van der Waals surface area contributed by atoms with E-state index in [1.165, 1.54) is 5.56 Å². The lowest BCUT2D eigenvalue weighted by Gasteiger charge is -2.42. The van der Waals surface area contributed by atoms with E-state index in [0.717, 1.165) is 12.0 Å². The third kappa shape index (κ3) is 1.69. The first kappa shape index (κ1) is 10.7. The number of hydrogen-bond donors (Lipinski definition) is 1. The van der Waals surface area contributed by atoms with Crippen LogP contribution in [0.3, 0.4) is 0 Å². The average molecular weight is 210 g/mol. The van der Waals surface area contributed by atoms with Gasteiger partial charge in [-0.1, -0.05) is 25.0 Å². The molecule has 2 rings (SSSR count). The van der Waals surface area contributed by atoms with E-state index in [1.54, 1.807) is 0 Å². The molecule has 0 saturated carbocycles. The van der Waals surface area contributed by atoms with Crippen molar-refractivity contribution in [3.8, 4) is 18.4 Å². The Bertz CT molecular complexity index is 447. The van der Waals surface area contributed by atoms with Gasteiger partial charge in [-0.15, -0.1) is 6.42 Å². The molecule has 3 atom stereocenters. The highest BCUT2D eigenvalue weighted by Gasteiger charge is 2.40. The molecule has 0 aliphatic carbocycles. The third-order valence-corrected chi connectivity index (χ3v) is 3.23. The minimum absolute atomic E-state index is 0.0540. The molecule has 0 radical (unpaired) electrons. The second-order valence-electron chi connectivity index (χ2n) is 4.08. The quantitative estimate of drug-likeness (QED) is 0.758. The maximum Gasteiger partial charge on any atom is 0.104 e. The van der Waals surface area contributed by atoms with Gasteiger partial charge in [-0.2, -0.15) is 5.26 Å². The summed E-state index contributed by atoms with van der Waals surface area (Å²) in [6.45, 7) is 2.13. The van der Waals surface area contributed by atoms with Gasteiger partial charge in [0, 0.05) is 17.5 Å². The summed E-state index contributed by atoms with van der Waals surface area (Å²) in [4.78, 5) is 0. The Morgan fingerprint density at radius 3 is 2.56 bits per heavy atom. The predicted molar refractivity (Wildman–Crippen MR) is 63.7 cm³/mol. The van der Waals surface area contributed by atoms with Crippen molar-refractivity contribution in [2.24, 2.45) is 0 Å². The van der Waals surface area contributed by atoms with Gasteiger partial charge in [-0.25, -0.2) is 0 Å². The monoisotopic (exact) mass is 210 g/mol. The first-order valence-electron chi connectivity index (χ1n) is 5.52. The van der Waals surface area contributed by atoms with Crippen LogP contribution in [0.15, 0.2) is 24.3 Å². The highest BCUT2D eigenvalue weighted by molar-refractivity contribution is 5.38. The zero-order chi connectivity index (χ0) is 11.5. The lowest BCUT2D eigenvalue weighted by molar-refractivity contribution is 0.250. The second-order valence-corrected chi connectivity index (χ2v) is 4.08. The number of nitrogens with one attached hydrogen (secondary N) is 1. The van der Waals surface area contributed by atoms with Crippen molar-refractivity contribution in [1.29, 1.82) is 5.26 Å². The standard InChI is InChI=1S/C14H14N2/c1-3-10-5-7-11(8-6-10)14-12(4-2)16-13(14)9-15/h1,5-8,12-14,16H,4H2,2H3. The van der Waals surface area contributed by atoms with Gasteiger partial charge in [0.25, 0.3) is 0 Å². The zero-order valence-corrected chi connectivity index (χ0v) is 9.27. The summed E-state index contributed by atoms with van der Waals surface area (Å²) >= 11 is 0. The Morgan fingerprint density at radius 2 is 2.06 bits per heavy atom. The predicted octanol–water partition coefficient (Wildman–Crippen LogP) is 2.03. The molecule has 1 aliphatic rings. The van der Waals surface area contributed by atoms with Crippen molar-refractivity contribution in [3.63, 3.8) is 0 Å². The number of nitriles is 1. The summed E-state index contributed by atoms with van der Waals surface area (Å²) in [6.07, 6.45) is 6.36. The fourth-order valence-corrected chi connectivity index (χ4v) is 2.27. The van der Waals surface area contributed by atoms with Gasteiger partial charge < -0.3 is 0 Å². The Kier molecular flexibility index (Phi) is 2.95. The first-order valence-corrected chi connectivity index (χ1v) is 5.52. The third-order valence-electron chi connectivity index (χ3n) is 3.23. The van der Waals surface area contributed by atoms with Gasteiger partial charge in [0.1, 0.15) is 6.04 Å². The number of nitrogens with zero attached hydrogens (tertiary/aromatic N) is 1. The summed E-state index contributed by atoms with van der Waals surface area (Å²) < 4.78 is 0. The molecule has 2 heteroatoms. The van der Waals surface area contributed by atoms with E-state index in [1.807, 2.05) is 24.3 Å². The topological polar surface area (TPSA) is 35.8 Å². The SMILES string of the molecule is C#Cc1ccc(C2C(C#N)NC2CC)cc1. The average Bonchev–Trinajstić information content (AvgIpc) is 2.30. The van der Waals surface area contributed by atoms with Gasteiger partial charge in [0.15, 0.2) is 0 Å². The smallest absolute Gasteiger partial charge is 0.104 e. The van der Waals surface area contributed by atoms with Gasteiger partial charge in [-0.3, -0.25) is 5.32 Å². The number of rotatable bonds is 2. The van der Waals surface area contributed by atoms with Gasteiger partial charge in [0.05, 0.1) is 6.07 Å². The Morgan fingerprint density at radius 1 is 1.38 bits per heavy atom. The van der Waals surface area contributed by atoms with Crippen molar-refractivity contribution in [2.45, 2.75) is 31.3 Å². The van der Waals surface area contributed by atoms with Crippen LogP contribution in [0.4, 0.5) is 0 Å². The van der Waals surface area contributed by atoms with Crippen LogP contribution in [-0.2, 0) is 0 Å².